The number of hydrogen-bond acceptors (Lipinski definition) is 6. The predicted octanol–water partition coefficient (Wildman–Crippen LogP) is 3.29. The molecule has 0 atom stereocenters. The Labute approximate surface area is 137 Å². The zero-order valence-electron chi connectivity index (χ0n) is 14.1. The molecular formula is C17H26N4O2. The Morgan fingerprint density at radius 1 is 0.783 bits per heavy atom. The summed E-state index contributed by atoms with van der Waals surface area (Å²) in [6.07, 6.45) is 0. The van der Waals surface area contributed by atoms with E-state index in [0.717, 1.165) is 0 Å². The number of nitrogens with two attached hydrogens (primary N) is 4. The number of benzene rings is 2. The third kappa shape index (κ3) is 6.17. The van der Waals surface area contributed by atoms with Crippen LogP contribution in [0.3, 0.4) is 0 Å². The third-order valence-electron chi connectivity index (χ3n) is 2.45. The van der Waals surface area contributed by atoms with Gasteiger partial charge in [0.05, 0.1) is 11.3 Å². The molecule has 6 heteroatoms. The first-order chi connectivity index (χ1) is 11.0. The summed E-state index contributed by atoms with van der Waals surface area (Å²) in [4.78, 5) is 11.9. The molecule has 2 aromatic carbocycles. The second-order valence-electron chi connectivity index (χ2n) is 4.08. The average Bonchev–Trinajstić information content (AvgIpc) is 2.53. The molecule has 0 aliphatic rings. The van der Waals surface area contributed by atoms with Crippen molar-refractivity contribution in [3.05, 3.63) is 42.0 Å². The van der Waals surface area contributed by atoms with E-state index in [1.807, 2.05) is 27.7 Å². The van der Waals surface area contributed by atoms with Crippen molar-refractivity contribution in [2.45, 2.75) is 27.7 Å². The van der Waals surface area contributed by atoms with Crippen LogP contribution in [0, 0.1) is 0 Å². The number of anilines is 4. The summed E-state index contributed by atoms with van der Waals surface area (Å²) in [7, 11) is 0. The molecule has 0 aliphatic heterocycles. The van der Waals surface area contributed by atoms with Gasteiger partial charge in [-0.1, -0.05) is 27.7 Å². The zero-order chi connectivity index (χ0) is 18.0. The fraction of sp³-hybridized carbons (Fsp3) is 0.235. The van der Waals surface area contributed by atoms with E-state index in [-0.39, 0.29) is 17.0 Å². The van der Waals surface area contributed by atoms with Crippen LogP contribution < -0.4 is 27.7 Å². The number of carbonyl (C=O) groups excluding carboxylic acids is 1. The molecule has 0 amide bonds. The Balaban J connectivity index is 0.00000112. The van der Waals surface area contributed by atoms with Gasteiger partial charge in [0.1, 0.15) is 0 Å². The van der Waals surface area contributed by atoms with Gasteiger partial charge in [0.2, 0.25) is 0 Å². The fourth-order valence-corrected chi connectivity index (χ4v) is 1.61. The molecule has 23 heavy (non-hydrogen) atoms. The van der Waals surface area contributed by atoms with Crippen LogP contribution in [0.4, 0.5) is 22.7 Å². The lowest BCUT2D eigenvalue weighted by molar-refractivity contribution is 0.0736. The van der Waals surface area contributed by atoms with E-state index in [2.05, 4.69) is 0 Å². The molecule has 0 saturated heterocycles. The summed E-state index contributed by atoms with van der Waals surface area (Å²) in [6.45, 7) is 8.00. The Bertz CT molecular complexity index is 622. The van der Waals surface area contributed by atoms with Crippen LogP contribution in [0.5, 0.6) is 5.75 Å². The minimum Gasteiger partial charge on any atom is -0.421 e. The highest BCUT2D eigenvalue weighted by Crippen LogP contribution is 2.25. The Morgan fingerprint density at radius 3 is 1.78 bits per heavy atom. The molecule has 126 valence electrons. The number of carbonyl (C=O) groups is 1. The van der Waals surface area contributed by atoms with Crippen LogP contribution in [-0.2, 0) is 0 Å². The van der Waals surface area contributed by atoms with Crippen molar-refractivity contribution in [2.75, 3.05) is 22.9 Å². The van der Waals surface area contributed by atoms with E-state index in [9.17, 15) is 4.79 Å². The highest BCUT2D eigenvalue weighted by molar-refractivity contribution is 5.93. The molecule has 0 aromatic heterocycles. The van der Waals surface area contributed by atoms with Gasteiger partial charge >= 0.3 is 5.97 Å². The average molecular weight is 318 g/mol. The predicted molar refractivity (Wildman–Crippen MR) is 98.2 cm³/mol. The number of esters is 1. The number of rotatable bonds is 2. The van der Waals surface area contributed by atoms with Crippen LogP contribution in [0.25, 0.3) is 0 Å². The van der Waals surface area contributed by atoms with E-state index < -0.39 is 5.97 Å². The van der Waals surface area contributed by atoms with E-state index in [1.54, 1.807) is 12.1 Å². The zero-order valence-corrected chi connectivity index (χ0v) is 14.1. The molecule has 0 spiro atoms. The molecule has 0 aliphatic carbocycles. The van der Waals surface area contributed by atoms with Crippen molar-refractivity contribution >= 4 is 28.7 Å². The van der Waals surface area contributed by atoms with Gasteiger partial charge in [-0.25, -0.2) is 4.79 Å². The molecule has 2 rings (SSSR count). The summed E-state index contributed by atoms with van der Waals surface area (Å²) in [6, 6.07) is 9.13. The Hall–Kier alpha value is -2.89. The van der Waals surface area contributed by atoms with Crippen LogP contribution in [0.1, 0.15) is 38.1 Å². The minimum atomic E-state index is -0.588. The molecule has 0 fully saturated rings. The Kier molecular flexibility index (Phi) is 8.69. The van der Waals surface area contributed by atoms with E-state index in [4.69, 9.17) is 27.7 Å². The molecule has 0 radical (unpaired) electrons. The van der Waals surface area contributed by atoms with Gasteiger partial charge in [-0.2, -0.15) is 0 Å². The molecule has 6 nitrogen and oxygen atoms in total. The van der Waals surface area contributed by atoms with Crippen molar-refractivity contribution in [3.63, 3.8) is 0 Å². The second-order valence-corrected chi connectivity index (χ2v) is 4.08. The molecule has 0 bridgehead atoms. The maximum absolute atomic E-state index is 11.9. The maximum Gasteiger partial charge on any atom is 0.343 e. The van der Waals surface area contributed by atoms with Crippen LogP contribution in [0.2, 0.25) is 0 Å². The standard InChI is InChI=1S/C13H14N4O2.2C2H6/c14-8-1-2-12(11(17)6-8)19-13(18)7-3-9(15)5-10(16)4-7;2*1-2/h1-6H,14-17H2;2*1-2H3. The topological polar surface area (TPSA) is 130 Å². The smallest absolute Gasteiger partial charge is 0.343 e. The number of nitrogen functional groups attached to an aromatic ring is 4. The molecule has 0 heterocycles. The van der Waals surface area contributed by atoms with Crippen molar-refractivity contribution in [1.29, 1.82) is 0 Å². The molecule has 0 unspecified atom stereocenters. The fourth-order valence-electron chi connectivity index (χ4n) is 1.61. The van der Waals surface area contributed by atoms with Gasteiger partial charge in [0, 0.05) is 17.1 Å². The Morgan fingerprint density at radius 2 is 1.30 bits per heavy atom. The number of ether oxygens (including phenoxy) is 1. The quantitative estimate of drug-likeness (QED) is 0.382. The maximum atomic E-state index is 11.9. The summed E-state index contributed by atoms with van der Waals surface area (Å²) < 4.78 is 5.17. The van der Waals surface area contributed by atoms with E-state index in [0.29, 0.717) is 17.1 Å². The lowest BCUT2D eigenvalue weighted by Crippen LogP contribution is -2.11. The summed E-state index contributed by atoms with van der Waals surface area (Å²) in [5, 5.41) is 0. The van der Waals surface area contributed by atoms with Gasteiger partial charge < -0.3 is 27.7 Å². The van der Waals surface area contributed by atoms with Crippen molar-refractivity contribution in [2.24, 2.45) is 0 Å². The van der Waals surface area contributed by atoms with E-state index in [1.165, 1.54) is 24.3 Å². The first-order valence-corrected chi connectivity index (χ1v) is 7.49. The highest BCUT2D eigenvalue weighted by atomic mass is 16.5. The summed E-state index contributed by atoms with van der Waals surface area (Å²) >= 11 is 0. The van der Waals surface area contributed by atoms with Crippen molar-refractivity contribution < 1.29 is 9.53 Å². The van der Waals surface area contributed by atoms with E-state index >= 15 is 0 Å². The van der Waals surface area contributed by atoms with Crippen molar-refractivity contribution in [3.8, 4) is 5.75 Å². The second kappa shape index (κ2) is 9.94. The minimum absolute atomic E-state index is 0.236. The van der Waals surface area contributed by atoms with Crippen LogP contribution in [0.15, 0.2) is 36.4 Å². The summed E-state index contributed by atoms with van der Waals surface area (Å²) in [5.41, 5.74) is 24.3. The third-order valence-corrected chi connectivity index (χ3v) is 2.45. The van der Waals surface area contributed by atoms with Gasteiger partial charge in [-0.15, -0.1) is 0 Å². The van der Waals surface area contributed by atoms with Gasteiger partial charge in [-0.3, -0.25) is 0 Å². The highest BCUT2D eigenvalue weighted by Gasteiger charge is 2.12. The van der Waals surface area contributed by atoms with Gasteiger partial charge in [0.15, 0.2) is 5.75 Å². The molecule has 8 N–H and O–H groups in total. The summed E-state index contributed by atoms with van der Waals surface area (Å²) in [5.74, 6) is -0.351. The lowest BCUT2D eigenvalue weighted by atomic mass is 10.2. The molecule has 2 aromatic rings. The normalized spacial score (nSPS) is 8.87. The van der Waals surface area contributed by atoms with Crippen LogP contribution >= 0.6 is 0 Å². The molecule has 0 saturated carbocycles. The van der Waals surface area contributed by atoms with Gasteiger partial charge in [-0.05, 0) is 36.4 Å². The largest absolute Gasteiger partial charge is 0.421 e. The monoisotopic (exact) mass is 318 g/mol. The van der Waals surface area contributed by atoms with Gasteiger partial charge in [0.25, 0.3) is 0 Å². The van der Waals surface area contributed by atoms with Crippen LogP contribution in [-0.4, -0.2) is 5.97 Å². The van der Waals surface area contributed by atoms with Crippen molar-refractivity contribution in [1.82, 2.24) is 0 Å². The first kappa shape index (κ1) is 20.1. The SMILES string of the molecule is CC.CC.Nc1cc(N)cc(C(=O)Oc2ccc(N)cc2N)c1. The molecular weight excluding hydrogens is 292 g/mol. The number of hydrogen-bond donors (Lipinski definition) is 4. The first-order valence-electron chi connectivity index (χ1n) is 7.49. The lowest BCUT2D eigenvalue weighted by Gasteiger charge is -2.08.